The summed E-state index contributed by atoms with van der Waals surface area (Å²) in [7, 11) is 0. The van der Waals surface area contributed by atoms with Crippen LogP contribution < -0.4 is 5.32 Å². The third-order valence-corrected chi connectivity index (χ3v) is 9.09. The molecule has 3 fully saturated rings. The predicted molar refractivity (Wildman–Crippen MR) is 151 cm³/mol. The van der Waals surface area contributed by atoms with Crippen LogP contribution in [-0.4, -0.2) is 203 Å². The summed E-state index contributed by atoms with van der Waals surface area (Å²) in [5, 5.41) is 128. The second-order valence-corrected chi connectivity index (χ2v) is 12.4. The third kappa shape index (κ3) is 8.03. The Labute approximate surface area is 269 Å². The van der Waals surface area contributed by atoms with Gasteiger partial charge in [-0.3, -0.25) is 4.79 Å². The van der Waals surface area contributed by atoms with Gasteiger partial charge in [-0.2, -0.15) is 0 Å². The number of Topliss-reactive ketones (excluding diaryl/α,β-unsaturated/α-hetero) is 1. The fraction of sp³-hybridized carbons (Fsp3) is 0.893. The van der Waals surface area contributed by atoms with Crippen LogP contribution in [0.2, 0.25) is 0 Å². The molecule has 3 aliphatic heterocycles. The molecule has 0 saturated carbocycles. The van der Waals surface area contributed by atoms with Gasteiger partial charge in [0.25, 0.3) is 0 Å². The van der Waals surface area contributed by atoms with E-state index in [1.807, 2.05) is 0 Å². The molecule has 19 heteroatoms. The van der Waals surface area contributed by atoms with Crippen molar-refractivity contribution in [1.82, 2.24) is 5.32 Å². The van der Waals surface area contributed by atoms with Crippen molar-refractivity contribution in [2.75, 3.05) is 19.8 Å². The molecule has 4 aliphatic rings. The molecule has 19 atom stereocenters. The first-order valence-electron chi connectivity index (χ1n) is 15.3. The van der Waals surface area contributed by atoms with Crippen molar-refractivity contribution in [1.29, 1.82) is 0 Å². The highest BCUT2D eigenvalue weighted by Crippen LogP contribution is 2.33. The van der Waals surface area contributed by atoms with Crippen molar-refractivity contribution in [3.63, 3.8) is 0 Å². The summed E-state index contributed by atoms with van der Waals surface area (Å²) in [5.74, 6) is -0.346. The molecule has 0 spiro atoms. The number of nitrogens with one attached hydrogen (secondary N) is 1. The minimum absolute atomic E-state index is 0.0221. The van der Waals surface area contributed by atoms with Gasteiger partial charge in [0.2, 0.25) is 0 Å². The number of aliphatic hydroxyl groups excluding tert-OH is 12. The Morgan fingerprint density at radius 3 is 1.79 bits per heavy atom. The van der Waals surface area contributed by atoms with Gasteiger partial charge in [-0.15, -0.1) is 0 Å². The van der Waals surface area contributed by atoms with Crippen LogP contribution in [0.1, 0.15) is 20.3 Å². The van der Waals surface area contributed by atoms with Crippen LogP contribution in [0.5, 0.6) is 0 Å². The quantitative estimate of drug-likeness (QED) is 0.0898. The molecule has 1 aliphatic carbocycles. The maximum Gasteiger partial charge on any atom is 0.187 e. The zero-order valence-electron chi connectivity index (χ0n) is 25.7. The van der Waals surface area contributed by atoms with Gasteiger partial charge in [-0.25, -0.2) is 0 Å². The van der Waals surface area contributed by atoms with Crippen molar-refractivity contribution >= 4 is 5.78 Å². The molecule has 0 radical (unpaired) electrons. The first-order valence-corrected chi connectivity index (χ1v) is 15.3. The van der Waals surface area contributed by atoms with E-state index in [1.165, 1.54) is 19.9 Å². The third-order valence-electron chi connectivity index (χ3n) is 9.09. The summed E-state index contributed by atoms with van der Waals surface area (Å²) >= 11 is 0. The number of aliphatic hydroxyl groups is 12. The van der Waals surface area contributed by atoms with Gasteiger partial charge in [0.1, 0.15) is 85.1 Å². The smallest absolute Gasteiger partial charge is 0.187 e. The lowest BCUT2D eigenvalue weighted by Crippen LogP contribution is -2.68. The molecule has 7 unspecified atom stereocenters. The molecule has 0 aromatic carbocycles. The molecular weight excluding hydrogens is 638 g/mol. The fourth-order valence-electron chi connectivity index (χ4n) is 6.36. The largest absolute Gasteiger partial charge is 0.394 e. The molecule has 272 valence electrons. The van der Waals surface area contributed by atoms with E-state index in [4.69, 9.17) is 23.7 Å². The number of carbonyl (C=O) groups is 1. The van der Waals surface area contributed by atoms with E-state index in [1.54, 1.807) is 0 Å². The molecule has 19 nitrogen and oxygen atoms in total. The van der Waals surface area contributed by atoms with E-state index in [9.17, 15) is 66.1 Å². The van der Waals surface area contributed by atoms with E-state index >= 15 is 0 Å². The zero-order chi connectivity index (χ0) is 34.9. The van der Waals surface area contributed by atoms with Gasteiger partial charge in [0, 0.05) is 6.42 Å². The summed E-state index contributed by atoms with van der Waals surface area (Å²) in [6.45, 7) is 0.556. The van der Waals surface area contributed by atoms with E-state index < -0.39 is 136 Å². The lowest BCUT2D eigenvalue weighted by molar-refractivity contribution is -0.367. The molecule has 13 N–H and O–H groups in total. The molecule has 47 heavy (non-hydrogen) atoms. The van der Waals surface area contributed by atoms with Crippen molar-refractivity contribution < 1.29 is 89.8 Å². The minimum atomic E-state index is -1.93. The Morgan fingerprint density at radius 2 is 1.23 bits per heavy atom. The maximum absolute atomic E-state index is 11.5. The Morgan fingerprint density at radius 1 is 0.702 bits per heavy atom. The van der Waals surface area contributed by atoms with E-state index in [-0.39, 0.29) is 17.8 Å². The minimum Gasteiger partial charge on any atom is -0.394 e. The summed E-state index contributed by atoms with van der Waals surface area (Å²) in [6.07, 6.45) is -25.7. The first-order chi connectivity index (χ1) is 22.1. The van der Waals surface area contributed by atoms with Crippen LogP contribution in [0.3, 0.4) is 0 Å². The van der Waals surface area contributed by atoms with Crippen LogP contribution in [-0.2, 0) is 28.5 Å². The van der Waals surface area contributed by atoms with Gasteiger partial charge in [-0.1, -0.05) is 6.08 Å². The van der Waals surface area contributed by atoms with Crippen molar-refractivity contribution in [3.8, 4) is 0 Å². The van der Waals surface area contributed by atoms with Crippen LogP contribution >= 0.6 is 0 Å². The highest BCUT2D eigenvalue weighted by molar-refractivity contribution is 5.76. The lowest BCUT2D eigenvalue weighted by Gasteiger charge is -2.49. The zero-order valence-corrected chi connectivity index (χ0v) is 25.7. The topological polar surface area (TPSA) is 318 Å². The molecule has 4 rings (SSSR count). The maximum atomic E-state index is 11.5. The second kappa shape index (κ2) is 16.1. The van der Waals surface area contributed by atoms with E-state index in [0.717, 1.165) is 0 Å². The van der Waals surface area contributed by atoms with Gasteiger partial charge in [0.15, 0.2) is 12.6 Å². The number of rotatable bonds is 11. The summed E-state index contributed by atoms with van der Waals surface area (Å²) in [5.41, 5.74) is 0.0221. The molecule has 0 aromatic heterocycles. The molecule has 0 aromatic rings. The normalized spacial score (nSPS) is 49.4. The van der Waals surface area contributed by atoms with Crippen LogP contribution in [0.15, 0.2) is 11.6 Å². The van der Waals surface area contributed by atoms with Crippen molar-refractivity contribution in [2.24, 2.45) is 0 Å². The van der Waals surface area contributed by atoms with Crippen LogP contribution in [0.25, 0.3) is 0 Å². The lowest BCUT2D eigenvalue weighted by atomic mass is 9.86. The molecular formula is C28H47NO18. The molecule has 3 saturated heterocycles. The second-order valence-electron chi connectivity index (χ2n) is 12.4. The summed E-state index contributed by atoms with van der Waals surface area (Å²) < 4.78 is 28.2. The van der Waals surface area contributed by atoms with Gasteiger partial charge in [-0.05, 0) is 19.4 Å². The van der Waals surface area contributed by atoms with Gasteiger partial charge >= 0.3 is 0 Å². The van der Waals surface area contributed by atoms with Crippen LogP contribution in [0.4, 0.5) is 0 Å². The van der Waals surface area contributed by atoms with E-state index in [0.29, 0.717) is 0 Å². The molecule has 0 bridgehead atoms. The van der Waals surface area contributed by atoms with Gasteiger partial charge < -0.3 is 90.3 Å². The molecule has 0 amide bonds. The number of carbonyl (C=O) groups excluding carboxylic acids is 1. The van der Waals surface area contributed by atoms with E-state index in [2.05, 4.69) is 5.32 Å². The Hall–Kier alpha value is -1.31. The number of hydrogen-bond donors (Lipinski definition) is 13. The number of ether oxygens (including phenoxy) is 5. The van der Waals surface area contributed by atoms with Gasteiger partial charge in [0.05, 0.1) is 44.1 Å². The van der Waals surface area contributed by atoms with Crippen LogP contribution in [0, 0.1) is 0 Å². The highest BCUT2D eigenvalue weighted by atomic mass is 16.7. The Kier molecular flexibility index (Phi) is 13.2. The monoisotopic (exact) mass is 685 g/mol. The predicted octanol–water partition coefficient (Wildman–Crippen LogP) is -7.54. The Balaban J connectivity index is 1.42. The SMILES string of the molecule is CC(=O)CC1OC(CO)[C@H](OC2OC(CO)[C@H](OC3OC(C)[C@H](NC4C=C(CO)[C@H](O)[C@H](O)[C@H]4O)[C@H](O)[C@H]3O)[C@H](O)[C@H]2O)[C@H](O)[C@H]1O. The van der Waals surface area contributed by atoms with Crippen molar-refractivity contribution in [2.45, 2.75) is 136 Å². The number of ketones is 1. The average Bonchev–Trinajstić information content (AvgIpc) is 3.04. The Bertz CT molecular complexity index is 1060. The highest BCUT2D eigenvalue weighted by Gasteiger charge is 2.53. The first kappa shape index (κ1) is 38.5. The summed E-state index contributed by atoms with van der Waals surface area (Å²) in [4.78, 5) is 11.5. The van der Waals surface area contributed by atoms with Crippen molar-refractivity contribution in [3.05, 3.63) is 11.6 Å². The molecule has 3 heterocycles. The standard InChI is InChI=1S/C28H47NO18/c1-8(33)3-12-18(36)21(39)25(13(6-31)44-12)47-28-24(42)22(40)26(14(7-32)45-28)46-27-23(41)19(37)15(9(2)43-27)29-11-4-10(5-30)16(34)20(38)17(11)35/h4,9,11-32,34-42H,3,5-7H2,1-2H3/t9?,11?,12?,13?,14?,15-,16-,17-,18-,19-,20-,21+,22+,23+,24+,25-,26-,27?,28?/m0/s1. The summed E-state index contributed by atoms with van der Waals surface area (Å²) in [6, 6.07) is -2.17. The fourth-order valence-corrected chi connectivity index (χ4v) is 6.36. The average molecular weight is 686 g/mol. The number of hydrogen-bond acceptors (Lipinski definition) is 19.